The maximum atomic E-state index is 13.3. The summed E-state index contributed by atoms with van der Waals surface area (Å²) in [6.45, 7) is 0. The van der Waals surface area contributed by atoms with Crippen LogP contribution in [0.4, 0.5) is 22.7 Å². The Morgan fingerprint density at radius 2 is 1.45 bits per heavy atom. The highest BCUT2D eigenvalue weighted by molar-refractivity contribution is 7.86. The van der Waals surface area contributed by atoms with Crippen molar-refractivity contribution in [3.63, 3.8) is 0 Å². The molecule has 0 aliphatic heterocycles. The zero-order valence-electron chi connectivity index (χ0n) is 16.7. The van der Waals surface area contributed by atoms with E-state index in [1.54, 1.807) is 24.3 Å². The standard InChI is InChI=1S/C22H19N3O5S/c1-25(2)13-9-7-12(8-10-13)24-16-11-17(31(28,29)30)20(23)19-18(16)21(26)14-5-3-4-6-15(14)22(19)27/h3-11,24H,23H2,1-2H3,(H,28,29,30). The average Bonchev–Trinajstić information content (AvgIpc) is 2.72. The van der Waals surface area contributed by atoms with E-state index < -0.39 is 32.3 Å². The normalized spacial score (nSPS) is 12.9. The summed E-state index contributed by atoms with van der Waals surface area (Å²) in [7, 11) is -0.978. The summed E-state index contributed by atoms with van der Waals surface area (Å²) in [6, 6.07) is 14.5. The van der Waals surface area contributed by atoms with Crippen LogP contribution in [-0.4, -0.2) is 38.6 Å². The molecule has 3 aromatic rings. The molecule has 0 fully saturated rings. The summed E-state index contributed by atoms with van der Waals surface area (Å²) < 4.78 is 33.6. The van der Waals surface area contributed by atoms with Gasteiger partial charge in [-0.05, 0) is 30.3 Å². The predicted molar refractivity (Wildman–Crippen MR) is 118 cm³/mol. The molecular weight excluding hydrogens is 418 g/mol. The molecule has 1 aliphatic carbocycles. The lowest BCUT2D eigenvalue weighted by atomic mass is 9.82. The number of nitrogens with one attached hydrogen (secondary N) is 1. The van der Waals surface area contributed by atoms with E-state index in [2.05, 4.69) is 5.32 Å². The van der Waals surface area contributed by atoms with Gasteiger partial charge in [0.1, 0.15) is 4.90 Å². The molecule has 3 aromatic carbocycles. The number of nitrogens with zero attached hydrogens (tertiary/aromatic N) is 1. The number of anilines is 4. The molecule has 0 heterocycles. The molecule has 0 bridgehead atoms. The number of hydrogen-bond donors (Lipinski definition) is 3. The SMILES string of the molecule is CN(C)c1ccc(Nc2cc(S(=O)(=O)O)c(N)c3c2C(=O)c2ccccc2C3=O)cc1. The van der Waals surface area contributed by atoms with Crippen molar-refractivity contribution in [2.75, 3.05) is 30.0 Å². The van der Waals surface area contributed by atoms with Crippen molar-refractivity contribution in [2.45, 2.75) is 4.90 Å². The van der Waals surface area contributed by atoms with Gasteiger partial charge in [-0.2, -0.15) is 8.42 Å². The first-order chi connectivity index (χ1) is 14.6. The summed E-state index contributed by atoms with van der Waals surface area (Å²) in [5.41, 5.74) is 7.10. The van der Waals surface area contributed by atoms with Crippen LogP contribution in [-0.2, 0) is 10.1 Å². The number of carbonyl (C=O) groups is 2. The van der Waals surface area contributed by atoms with Crippen LogP contribution >= 0.6 is 0 Å². The van der Waals surface area contributed by atoms with Crippen LogP contribution in [0.15, 0.2) is 59.5 Å². The zero-order valence-corrected chi connectivity index (χ0v) is 17.5. The molecule has 9 heteroatoms. The van der Waals surface area contributed by atoms with Crippen LogP contribution in [0.3, 0.4) is 0 Å². The minimum atomic E-state index is -4.75. The largest absolute Gasteiger partial charge is 0.397 e. The third-order valence-corrected chi connectivity index (χ3v) is 6.03. The fourth-order valence-corrected chi connectivity index (χ4v) is 4.25. The number of hydrogen-bond acceptors (Lipinski definition) is 7. The monoisotopic (exact) mass is 437 g/mol. The molecule has 4 N–H and O–H groups in total. The molecule has 0 unspecified atom stereocenters. The first-order valence-corrected chi connectivity index (χ1v) is 10.7. The Hall–Kier alpha value is -3.69. The molecule has 0 spiro atoms. The summed E-state index contributed by atoms with van der Waals surface area (Å²) in [5.74, 6) is -1.05. The second kappa shape index (κ2) is 7.22. The lowest BCUT2D eigenvalue weighted by Crippen LogP contribution is -2.25. The maximum absolute atomic E-state index is 13.3. The second-order valence-electron chi connectivity index (χ2n) is 7.33. The Morgan fingerprint density at radius 1 is 0.903 bits per heavy atom. The lowest BCUT2D eigenvalue weighted by molar-refractivity contribution is 0.0980. The first-order valence-electron chi connectivity index (χ1n) is 9.26. The number of nitrogen functional groups attached to an aromatic ring is 1. The van der Waals surface area contributed by atoms with E-state index in [0.29, 0.717) is 5.69 Å². The molecule has 1 aliphatic rings. The summed E-state index contributed by atoms with van der Waals surface area (Å²) in [4.78, 5) is 27.7. The number of benzene rings is 3. The van der Waals surface area contributed by atoms with E-state index >= 15 is 0 Å². The van der Waals surface area contributed by atoms with Gasteiger partial charge in [0.2, 0.25) is 0 Å². The van der Waals surface area contributed by atoms with Crippen molar-refractivity contribution in [3.05, 3.63) is 76.9 Å². The molecule has 158 valence electrons. The molecule has 0 amide bonds. The minimum Gasteiger partial charge on any atom is -0.397 e. The van der Waals surface area contributed by atoms with Gasteiger partial charge in [0.25, 0.3) is 10.1 Å². The number of fused-ring (bicyclic) bond motifs is 2. The topological polar surface area (TPSA) is 130 Å². The third kappa shape index (κ3) is 3.43. The smallest absolute Gasteiger partial charge is 0.296 e. The summed E-state index contributed by atoms with van der Waals surface area (Å²) >= 11 is 0. The predicted octanol–water partition coefficient (Wildman–Crippen LogP) is 3.10. The fourth-order valence-electron chi connectivity index (χ4n) is 3.60. The Kier molecular flexibility index (Phi) is 4.79. The molecule has 0 atom stereocenters. The van der Waals surface area contributed by atoms with E-state index in [0.717, 1.165) is 11.8 Å². The molecule has 0 saturated carbocycles. The highest BCUT2D eigenvalue weighted by Gasteiger charge is 2.36. The average molecular weight is 437 g/mol. The van der Waals surface area contributed by atoms with Crippen molar-refractivity contribution in [1.29, 1.82) is 0 Å². The van der Waals surface area contributed by atoms with Gasteiger partial charge in [-0.15, -0.1) is 0 Å². The van der Waals surface area contributed by atoms with Crippen LogP contribution in [0, 0.1) is 0 Å². The van der Waals surface area contributed by atoms with Gasteiger partial charge in [-0.3, -0.25) is 14.1 Å². The number of nitrogens with two attached hydrogens (primary N) is 1. The van der Waals surface area contributed by atoms with Gasteiger partial charge in [-0.1, -0.05) is 24.3 Å². The quantitative estimate of drug-likeness (QED) is 0.328. The number of ketones is 2. The Balaban J connectivity index is 1.95. The van der Waals surface area contributed by atoms with E-state index in [9.17, 15) is 22.6 Å². The fraction of sp³-hybridized carbons (Fsp3) is 0.0909. The highest BCUT2D eigenvalue weighted by Crippen LogP contribution is 2.40. The summed E-state index contributed by atoms with van der Waals surface area (Å²) in [5, 5.41) is 3.00. The zero-order chi connectivity index (χ0) is 22.5. The van der Waals surface area contributed by atoms with Crippen LogP contribution in [0.5, 0.6) is 0 Å². The van der Waals surface area contributed by atoms with E-state index in [4.69, 9.17) is 5.73 Å². The summed E-state index contributed by atoms with van der Waals surface area (Å²) in [6.07, 6.45) is 0. The van der Waals surface area contributed by atoms with Gasteiger partial charge >= 0.3 is 0 Å². The van der Waals surface area contributed by atoms with Crippen molar-refractivity contribution in [2.24, 2.45) is 0 Å². The van der Waals surface area contributed by atoms with Gasteiger partial charge in [-0.25, -0.2) is 0 Å². The van der Waals surface area contributed by atoms with Gasteiger partial charge in [0.05, 0.1) is 22.5 Å². The molecule has 4 rings (SSSR count). The molecule has 0 radical (unpaired) electrons. The Morgan fingerprint density at radius 3 is 1.97 bits per heavy atom. The Bertz CT molecular complexity index is 1350. The molecular formula is C22H19N3O5S. The van der Waals surface area contributed by atoms with Crippen molar-refractivity contribution in [1.82, 2.24) is 0 Å². The molecule has 8 nitrogen and oxygen atoms in total. The van der Waals surface area contributed by atoms with Crippen LogP contribution in [0.1, 0.15) is 31.8 Å². The third-order valence-electron chi connectivity index (χ3n) is 5.14. The van der Waals surface area contributed by atoms with Gasteiger partial charge < -0.3 is 16.0 Å². The van der Waals surface area contributed by atoms with Crippen molar-refractivity contribution in [3.8, 4) is 0 Å². The van der Waals surface area contributed by atoms with Gasteiger partial charge in [0, 0.05) is 36.6 Å². The van der Waals surface area contributed by atoms with E-state index in [-0.39, 0.29) is 27.9 Å². The Labute approximate surface area is 179 Å². The first kappa shape index (κ1) is 20.6. The molecule has 0 saturated heterocycles. The van der Waals surface area contributed by atoms with Crippen LogP contribution in [0.2, 0.25) is 0 Å². The maximum Gasteiger partial charge on any atom is 0.296 e. The minimum absolute atomic E-state index is 0.0368. The van der Waals surface area contributed by atoms with Gasteiger partial charge in [0.15, 0.2) is 11.6 Å². The van der Waals surface area contributed by atoms with E-state index in [1.165, 1.54) is 12.1 Å². The van der Waals surface area contributed by atoms with E-state index in [1.807, 2.05) is 31.1 Å². The lowest BCUT2D eigenvalue weighted by Gasteiger charge is -2.23. The second-order valence-corrected chi connectivity index (χ2v) is 8.72. The molecule has 31 heavy (non-hydrogen) atoms. The van der Waals surface area contributed by atoms with Crippen molar-refractivity contribution >= 4 is 44.4 Å². The number of rotatable bonds is 4. The number of carbonyl (C=O) groups excluding carboxylic acids is 2. The molecule has 0 aromatic heterocycles. The highest BCUT2D eigenvalue weighted by atomic mass is 32.2. The van der Waals surface area contributed by atoms with Crippen LogP contribution < -0.4 is 16.0 Å². The van der Waals surface area contributed by atoms with Crippen molar-refractivity contribution < 1.29 is 22.6 Å². The van der Waals surface area contributed by atoms with Crippen LogP contribution in [0.25, 0.3) is 0 Å².